The molecule has 0 aliphatic heterocycles. The second-order valence-corrected chi connectivity index (χ2v) is 5.96. The summed E-state index contributed by atoms with van der Waals surface area (Å²) in [5.74, 6) is 0.889. The zero-order chi connectivity index (χ0) is 14.0. The van der Waals surface area contributed by atoms with Crippen LogP contribution in [0.4, 0.5) is 10.9 Å². The molecule has 0 spiro atoms. The molecule has 0 aromatic carbocycles. The lowest BCUT2D eigenvalue weighted by molar-refractivity contribution is 0.0940. The fourth-order valence-electron chi connectivity index (χ4n) is 2.10. The van der Waals surface area contributed by atoms with Crippen molar-refractivity contribution in [3.8, 4) is 0 Å². The van der Waals surface area contributed by atoms with Crippen LogP contribution in [-0.2, 0) is 0 Å². The lowest BCUT2D eigenvalue weighted by Crippen LogP contribution is -2.33. The zero-order valence-corrected chi connectivity index (χ0v) is 12.6. The third-order valence-corrected chi connectivity index (χ3v) is 4.70. The fourth-order valence-corrected chi connectivity index (χ4v) is 3.11. The number of hydrogen-bond acceptors (Lipinski definition) is 5. The van der Waals surface area contributed by atoms with Gasteiger partial charge in [0.2, 0.25) is 0 Å². The Kier molecular flexibility index (Phi) is 4.29. The minimum Gasteiger partial charge on any atom is -0.382 e. The van der Waals surface area contributed by atoms with Gasteiger partial charge in [0.25, 0.3) is 5.91 Å². The minimum absolute atomic E-state index is 0.0900. The summed E-state index contributed by atoms with van der Waals surface area (Å²) in [6.45, 7) is 7.91. The molecule has 1 aromatic heterocycles. The van der Waals surface area contributed by atoms with Gasteiger partial charge in [-0.15, -0.1) is 0 Å². The number of nitrogens with one attached hydrogen (secondary N) is 1. The van der Waals surface area contributed by atoms with Crippen LogP contribution in [0.25, 0.3) is 0 Å². The van der Waals surface area contributed by atoms with E-state index in [9.17, 15) is 4.79 Å². The first-order chi connectivity index (χ1) is 9.06. The minimum atomic E-state index is -0.0900. The standard InChI is InChI=1S/C13H22N4OS/c1-4-17(5-2)13-16-11(14)10(19-13)12(18)15-8(3)9-6-7-9/h8-9H,4-7,14H2,1-3H3,(H,15,18). The summed E-state index contributed by atoms with van der Waals surface area (Å²) in [6.07, 6.45) is 2.43. The molecule has 19 heavy (non-hydrogen) atoms. The number of nitrogen functional groups attached to an aromatic ring is 1. The maximum Gasteiger partial charge on any atom is 0.265 e. The number of anilines is 2. The Morgan fingerprint density at radius 1 is 1.53 bits per heavy atom. The van der Waals surface area contributed by atoms with Crippen LogP contribution < -0.4 is 16.0 Å². The van der Waals surface area contributed by atoms with Crippen LogP contribution in [0.2, 0.25) is 0 Å². The molecule has 3 N–H and O–H groups in total. The summed E-state index contributed by atoms with van der Waals surface area (Å²) in [5, 5.41) is 3.85. The molecule has 1 heterocycles. The van der Waals surface area contributed by atoms with E-state index in [1.807, 2.05) is 0 Å². The normalized spacial score (nSPS) is 16.2. The number of carbonyl (C=O) groups is 1. The van der Waals surface area contributed by atoms with Gasteiger partial charge >= 0.3 is 0 Å². The summed E-state index contributed by atoms with van der Waals surface area (Å²) in [4.78, 5) is 19.1. The first-order valence-corrected chi connectivity index (χ1v) is 7.70. The van der Waals surface area contributed by atoms with E-state index in [-0.39, 0.29) is 11.9 Å². The lowest BCUT2D eigenvalue weighted by Gasteiger charge is -2.16. The molecule has 1 fully saturated rings. The summed E-state index contributed by atoms with van der Waals surface area (Å²) in [7, 11) is 0. The molecule has 0 bridgehead atoms. The molecule has 5 nitrogen and oxygen atoms in total. The van der Waals surface area contributed by atoms with Crippen LogP contribution in [-0.4, -0.2) is 30.0 Å². The number of amides is 1. The van der Waals surface area contributed by atoms with E-state index in [0.29, 0.717) is 16.6 Å². The van der Waals surface area contributed by atoms with Gasteiger partial charge in [-0.1, -0.05) is 11.3 Å². The van der Waals surface area contributed by atoms with Crippen LogP contribution >= 0.6 is 11.3 Å². The van der Waals surface area contributed by atoms with Crippen molar-refractivity contribution in [3.63, 3.8) is 0 Å². The van der Waals surface area contributed by atoms with Gasteiger partial charge in [-0.25, -0.2) is 4.98 Å². The largest absolute Gasteiger partial charge is 0.382 e. The molecule has 1 aromatic rings. The summed E-state index contributed by atoms with van der Waals surface area (Å²) in [5.41, 5.74) is 5.87. The van der Waals surface area contributed by atoms with Crippen molar-refractivity contribution < 1.29 is 4.79 Å². The number of nitrogens with zero attached hydrogens (tertiary/aromatic N) is 2. The average molecular weight is 282 g/mol. The lowest BCUT2D eigenvalue weighted by atomic mass is 10.2. The van der Waals surface area contributed by atoms with Crippen molar-refractivity contribution in [1.29, 1.82) is 0 Å². The van der Waals surface area contributed by atoms with E-state index in [2.05, 4.69) is 36.0 Å². The molecule has 0 radical (unpaired) electrons. The molecule has 1 aliphatic rings. The van der Waals surface area contributed by atoms with Gasteiger partial charge in [0.1, 0.15) is 10.7 Å². The topological polar surface area (TPSA) is 71.2 Å². The highest BCUT2D eigenvalue weighted by molar-refractivity contribution is 7.18. The summed E-state index contributed by atoms with van der Waals surface area (Å²) < 4.78 is 0. The molecule has 1 atom stereocenters. The van der Waals surface area contributed by atoms with Gasteiger partial charge in [0, 0.05) is 19.1 Å². The Balaban J connectivity index is 2.08. The van der Waals surface area contributed by atoms with Gasteiger partial charge < -0.3 is 16.0 Å². The fraction of sp³-hybridized carbons (Fsp3) is 0.692. The predicted molar refractivity (Wildman–Crippen MR) is 79.7 cm³/mol. The monoisotopic (exact) mass is 282 g/mol. The molecule has 1 unspecified atom stereocenters. The Bertz CT molecular complexity index is 451. The van der Waals surface area contributed by atoms with Gasteiger partial charge in [-0.05, 0) is 39.5 Å². The van der Waals surface area contributed by atoms with E-state index in [1.54, 1.807) is 0 Å². The second-order valence-electron chi connectivity index (χ2n) is 4.98. The molecular weight excluding hydrogens is 260 g/mol. The van der Waals surface area contributed by atoms with Crippen molar-refractivity contribution >= 4 is 28.2 Å². The third kappa shape index (κ3) is 3.18. The van der Waals surface area contributed by atoms with Crippen molar-refractivity contribution in [2.45, 2.75) is 39.7 Å². The highest BCUT2D eigenvalue weighted by Gasteiger charge is 2.30. The van der Waals surface area contributed by atoms with Gasteiger partial charge in [-0.2, -0.15) is 0 Å². The van der Waals surface area contributed by atoms with Crippen LogP contribution in [0.1, 0.15) is 43.3 Å². The molecule has 1 aliphatic carbocycles. The quantitative estimate of drug-likeness (QED) is 0.838. The van der Waals surface area contributed by atoms with Crippen LogP contribution in [0.5, 0.6) is 0 Å². The number of aromatic nitrogens is 1. The Morgan fingerprint density at radius 2 is 2.16 bits per heavy atom. The highest BCUT2D eigenvalue weighted by atomic mass is 32.1. The van der Waals surface area contributed by atoms with Gasteiger partial charge in [-0.3, -0.25) is 4.79 Å². The number of rotatable bonds is 6. The van der Waals surface area contributed by atoms with Crippen LogP contribution in [0.15, 0.2) is 0 Å². The maximum absolute atomic E-state index is 12.2. The molecule has 0 saturated heterocycles. The molecule has 1 saturated carbocycles. The highest BCUT2D eigenvalue weighted by Crippen LogP contribution is 2.33. The third-order valence-electron chi connectivity index (χ3n) is 3.57. The number of hydrogen-bond donors (Lipinski definition) is 2. The second kappa shape index (κ2) is 5.77. The van der Waals surface area contributed by atoms with Crippen LogP contribution in [0, 0.1) is 5.92 Å². The zero-order valence-electron chi connectivity index (χ0n) is 11.8. The Hall–Kier alpha value is -1.30. The predicted octanol–water partition coefficient (Wildman–Crippen LogP) is 2.10. The van der Waals surface area contributed by atoms with Crippen LogP contribution in [0.3, 0.4) is 0 Å². The number of carbonyl (C=O) groups excluding carboxylic acids is 1. The average Bonchev–Trinajstić information content (AvgIpc) is 3.15. The smallest absolute Gasteiger partial charge is 0.265 e. The van der Waals surface area contributed by atoms with Crippen molar-refractivity contribution in [2.75, 3.05) is 23.7 Å². The van der Waals surface area contributed by atoms with E-state index < -0.39 is 0 Å². The molecular formula is C13H22N4OS. The number of thiazole rings is 1. The van der Waals surface area contributed by atoms with Crippen molar-refractivity contribution in [1.82, 2.24) is 10.3 Å². The first-order valence-electron chi connectivity index (χ1n) is 6.88. The van der Waals surface area contributed by atoms with Gasteiger partial charge in [0.05, 0.1) is 0 Å². The SMILES string of the molecule is CCN(CC)c1nc(N)c(C(=O)NC(C)C2CC2)s1. The summed E-state index contributed by atoms with van der Waals surface area (Å²) >= 11 is 1.38. The molecule has 6 heteroatoms. The maximum atomic E-state index is 12.2. The molecule has 1 amide bonds. The summed E-state index contributed by atoms with van der Waals surface area (Å²) in [6, 6.07) is 0.228. The first kappa shape index (κ1) is 14.1. The Morgan fingerprint density at radius 3 is 2.68 bits per heavy atom. The number of nitrogens with two attached hydrogens (primary N) is 1. The van der Waals surface area contributed by atoms with E-state index in [1.165, 1.54) is 24.2 Å². The molecule has 106 valence electrons. The van der Waals surface area contributed by atoms with E-state index in [4.69, 9.17) is 5.73 Å². The van der Waals surface area contributed by atoms with Crippen molar-refractivity contribution in [2.24, 2.45) is 5.92 Å². The van der Waals surface area contributed by atoms with Crippen molar-refractivity contribution in [3.05, 3.63) is 4.88 Å². The van der Waals surface area contributed by atoms with Gasteiger partial charge in [0.15, 0.2) is 5.13 Å². The molecule has 2 rings (SSSR count). The van der Waals surface area contributed by atoms with E-state index in [0.717, 1.165) is 18.2 Å². The van der Waals surface area contributed by atoms with E-state index >= 15 is 0 Å². The Labute approximate surface area is 118 Å².